The minimum absolute atomic E-state index is 0.112. The van der Waals surface area contributed by atoms with Crippen LogP contribution in [0.25, 0.3) is 0 Å². The third-order valence-corrected chi connectivity index (χ3v) is 4.40. The lowest BCUT2D eigenvalue weighted by Gasteiger charge is -2.07. The van der Waals surface area contributed by atoms with Crippen LogP contribution in [0.15, 0.2) is 23.1 Å². The minimum Gasteiger partial charge on any atom is -0.469 e. The number of hydrogen-bond donors (Lipinski definition) is 1. The summed E-state index contributed by atoms with van der Waals surface area (Å²) in [4.78, 5) is 11.0. The lowest BCUT2D eigenvalue weighted by Crippen LogP contribution is -2.25. The van der Waals surface area contributed by atoms with Gasteiger partial charge in [-0.3, -0.25) is 4.79 Å². The number of carbonyl (C=O) groups is 1. The van der Waals surface area contributed by atoms with Crippen LogP contribution in [0.5, 0.6) is 0 Å². The van der Waals surface area contributed by atoms with Crippen molar-refractivity contribution in [3.05, 3.63) is 28.8 Å². The Morgan fingerprint density at radius 2 is 2.11 bits per heavy atom. The predicted molar refractivity (Wildman–Crippen MR) is 72.6 cm³/mol. The largest absolute Gasteiger partial charge is 0.469 e. The summed E-state index contributed by atoms with van der Waals surface area (Å²) in [7, 11) is -2.30. The first kappa shape index (κ1) is 15.9. The van der Waals surface area contributed by atoms with Crippen molar-refractivity contribution >= 4 is 27.6 Å². The van der Waals surface area contributed by atoms with Crippen LogP contribution < -0.4 is 4.72 Å². The Morgan fingerprint density at radius 3 is 2.68 bits per heavy atom. The van der Waals surface area contributed by atoms with Crippen LogP contribution in [0, 0.1) is 6.92 Å². The van der Waals surface area contributed by atoms with Gasteiger partial charge in [0, 0.05) is 18.0 Å². The summed E-state index contributed by atoms with van der Waals surface area (Å²) < 4.78 is 30.7. The van der Waals surface area contributed by atoms with E-state index in [-0.39, 0.29) is 23.8 Å². The molecule has 0 aliphatic rings. The van der Waals surface area contributed by atoms with Gasteiger partial charge in [0.05, 0.1) is 12.0 Å². The van der Waals surface area contributed by atoms with E-state index >= 15 is 0 Å². The van der Waals surface area contributed by atoms with Crippen molar-refractivity contribution in [1.29, 1.82) is 0 Å². The second kappa shape index (κ2) is 6.88. The zero-order valence-corrected chi connectivity index (χ0v) is 12.3. The first-order valence-electron chi connectivity index (χ1n) is 5.69. The third-order valence-electron chi connectivity index (χ3n) is 2.53. The van der Waals surface area contributed by atoms with Crippen molar-refractivity contribution in [2.75, 3.05) is 13.7 Å². The van der Waals surface area contributed by atoms with Crippen LogP contribution in [0.1, 0.15) is 18.4 Å². The molecule has 0 saturated carbocycles. The molecule has 7 heteroatoms. The van der Waals surface area contributed by atoms with Crippen LogP contribution in [0.4, 0.5) is 0 Å². The van der Waals surface area contributed by atoms with E-state index in [1.54, 1.807) is 13.0 Å². The smallest absolute Gasteiger partial charge is 0.305 e. The Balaban J connectivity index is 2.61. The minimum atomic E-state index is -3.59. The average Bonchev–Trinajstić information content (AvgIpc) is 2.37. The fourth-order valence-electron chi connectivity index (χ4n) is 1.37. The Bertz CT molecular complexity index is 557. The van der Waals surface area contributed by atoms with Gasteiger partial charge in [-0.1, -0.05) is 17.7 Å². The highest BCUT2D eigenvalue weighted by Crippen LogP contribution is 2.19. The molecule has 0 aliphatic carbocycles. The predicted octanol–water partition coefficient (Wildman–Crippen LogP) is 1.88. The molecular formula is C12H16ClNO4S. The van der Waals surface area contributed by atoms with Gasteiger partial charge in [0.1, 0.15) is 0 Å². The summed E-state index contributed by atoms with van der Waals surface area (Å²) >= 11 is 5.89. The summed E-state index contributed by atoms with van der Waals surface area (Å²) in [6, 6.07) is 4.54. The molecule has 0 heterocycles. The van der Waals surface area contributed by atoms with Crippen LogP contribution in [0.3, 0.4) is 0 Å². The highest BCUT2D eigenvalue weighted by molar-refractivity contribution is 7.89. The third kappa shape index (κ3) is 4.81. The van der Waals surface area contributed by atoms with Gasteiger partial charge >= 0.3 is 5.97 Å². The molecule has 0 spiro atoms. The fraction of sp³-hybridized carbons (Fsp3) is 0.417. The summed E-state index contributed by atoms with van der Waals surface area (Å²) in [6.45, 7) is 1.96. The molecule has 0 unspecified atom stereocenters. The molecule has 0 fully saturated rings. The molecule has 1 aromatic carbocycles. The van der Waals surface area contributed by atoms with Gasteiger partial charge in [0.2, 0.25) is 10.0 Å². The van der Waals surface area contributed by atoms with Crippen LogP contribution in [-0.4, -0.2) is 28.0 Å². The van der Waals surface area contributed by atoms with Crippen molar-refractivity contribution < 1.29 is 17.9 Å². The highest BCUT2D eigenvalue weighted by Gasteiger charge is 2.14. The normalized spacial score (nSPS) is 11.3. The fourth-order valence-corrected chi connectivity index (χ4v) is 2.71. The van der Waals surface area contributed by atoms with Gasteiger partial charge < -0.3 is 4.74 Å². The Labute approximate surface area is 118 Å². The zero-order chi connectivity index (χ0) is 14.5. The number of halogens is 1. The summed E-state index contributed by atoms with van der Waals surface area (Å²) in [6.07, 6.45) is 0.555. The number of ether oxygens (including phenoxy) is 1. The molecule has 1 rings (SSSR count). The summed E-state index contributed by atoms with van der Waals surface area (Å²) in [5.74, 6) is -0.363. The summed E-state index contributed by atoms with van der Waals surface area (Å²) in [5, 5.41) is 0.400. The molecule has 5 nitrogen and oxygen atoms in total. The molecule has 0 radical (unpaired) electrons. The second-order valence-electron chi connectivity index (χ2n) is 3.99. The molecule has 1 aromatic rings. The standard InChI is InChI=1S/C12H16ClNO4S/c1-9-5-6-10(8-11(9)13)19(16,17)14-7-3-4-12(15)18-2/h5-6,8,14H,3-4,7H2,1-2H3. The van der Waals surface area contributed by atoms with Gasteiger partial charge in [-0.25, -0.2) is 13.1 Å². The first-order chi connectivity index (χ1) is 8.86. The quantitative estimate of drug-likeness (QED) is 0.643. The lowest BCUT2D eigenvalue weighted by molar-refractivity contribution is -0.140. The van der Waals surface area contributed by atoms with Gasteiger partial charge in [0.15, 0.2) is 0 Å². The van der Waals surface area contributed by atoms with Crippen molar-refractivity contribution in [2.45, 2.75) is 24.7 Å². The number of carbonyl (C=O) groups excluding carboxylic acids is 1. The first-order valence-corrected chi connectivity index (χ1v) is 7.55. The van der Waals surface area contributed by atoms with E-state index in [1.165, 1.54) is 19.2 Å². The van der Waals surface area contributed by atoms with Gasteiger partial charge in [-0.05, 0) is 31.0 Å². The monoisotopic (exact) mass is 305 g/mol. The number of sulfonamides is 1. The summed E-state index contributed by atoms with van der Waals surface area (Å²) in [5.41, 5.74) is 0.811. The maximum Gasteiger partial charge on any atom is 0.305 e. The van der Waals surface area contributed by atoms with E-state index in [0.717, 1.165) is 5.56 Å². The zero-order valence-electron chi connectivity index (χ0n) is 10.8. The van der Waals surface area contributed by atoms with Gasteiger partial charge in [-0.15, -0.1) is 0 Å². The van der Waals surface area contributed by atoms with E-state index in [0.29, 0.717) is 11.4 Å². The molecule has 0 atom stereocenters. The van der Waals surface area contributed by atoms with Crippen molar-refractivity contribution in [3.63, 3.8) is 0 Å². The van der Waals surface area contributed by atoms with Crippen LogP contribution >= 0.6 is 11.6 Å². The Hall–Kier alpha value is -1.11. The molecule has 106 valence electrons. The van der Waals surface area contributed by atoms with E-state index in [2.05, 4.69) is 9.46 Å². The number of rotatable bonds is 6. The van der Waals surface area contributed by atoms with Gasteiger partial charge in [0.25, 0.3) is 0 Å². The second-order valence-corrected chi connectivity index (χ2v) is 6.16. The number of methoxy groups -OCH3 is 1. The van der Waals surface area contributed by atoms with Crippen molar-refractivity contribution in [1.82, 2.24) is 4.72 Å². The van der Waals surface area contributed by atoms with Crippen molar-refractivity contribution in [2.24, 2.45) is 0 Å². The lowest BCUT2D eigenvalue weighted by atomic mass is 10.2. The van der Waals surface area contributed by atoms with Crippen LogP contribution in [-0.2, 0) is 19.6 Å². The number of hydrogen-bond acceptors (Lipinski definition) is 4. The average molecular weight is 306 g/mol. The molecule has 0 saturated heterocycles. The molecule has 1 N–H and O–H groups in total. The molecular weight excluding hydrogens is 290 g/mol. The Kier molecular flexibility index (Phi) is 5.78. The van der Waals surface area contributed by atoms with E-state index in [1.807, 2.05) is 0 Å². The maximum absolute atomic E-state index is 11.9. The molecule has 0 bridgehead atoms. The molecule has 0 amide bonds. The van der Waals surface area contributed by atoms with Crippen LogP contribution in [0.2, 0.25) is 5.02 Å². The van der Waals surface area contributed by atoms with E-state index in [4.69, 9.17) is 11.6 Å². The van der Waals surface area contributed by atoms with Gasteiger partial charge in [-0.2, -0.15) is 0 Å². The topological polar surface area (TPSA) is 72.5 Å². The number of benzene rings is 1. The molecule has 0 aromatic heterocycles. The number of aryl methyl sites for hydroxylation is 1. The maximum atomic E-state index is 11.9. The van der Waals surface area contributed by atoms with E-state index < -0.39 is 10.0 Å². The molecule has 19 heavy (non-hydrogen) atoms. The van der Waals surface area contributed by atoms with E-state index in [9.17, 15) is 13.2 Å². The Morgan fingerprint density at radius 1 is 1.42 bits per heavy atom. The SMILES string of the molecule is COC(=O)CCCNS(=O)(=O)c1ccc(C)c(Cl)c1. The highest BCUT2D eigenvalue weighted by atomic mass is 35.5. The van der Waals surface area contributed by atoms with Crippen molar-refractivity contribution in [3.8, 4) is 0 Å². The number of esters is 1. The number of nitrogens with one attached hydrogen (secondary N) is 1. The molecule has 0 aliphatic heterocycles.